The van der Waals surface area contributed by atoms with Crippen LogP contribution in [0.2, 0.25) is 0 Å². The van der Waals surface area contributed by atoms with Gasteiger partial charge in [0.2, 0.25) is 5.91 Å². The molecule has 0 bridgehead atoms. The standard InChI is InChI=1S/C21H24N4O2/c1-15-21(26)25(18-10-6-7-11-19(18)27-3)13-12-24(15)14-20-22-16-8-4-5-9-17(16)23(20)2/h4-11,15H,12-14H2,1-3H3. The van der Waals surface area contributed by atoms with E-state index in [-0.39, 0.29) is 11.9 Å². The van der Waals surface area contributed by atoms with Crippen LogP contribution in [0.25, 0.3) is 11.0 Å². The number of benzene rings is 2. The molecular weight excluding hydrogens is 340 g/mol. The monoisotopic (exact) mass is 364 g/mol. The fourth-order valence-corrected chi connectivity index (χ4v) is 3.74. The maximum absolute atomic E-state index is 13.1. The van der Waals surface area contributed by atoms with E-state index in [1.54, 1.807) is 7.11 Å². The van der Waals surface area contributed by atoms with Gasteiger partial charge in [0.25, 0.3) is 0 Å². The lowest BCUT2D eigenvalue weighted by molar-refractivity contribution is -0.125. The van der Waals surface area contributed by atoms with Gasteiger partial charge in [-0.25, -0.2) is 4.98 Å². The number of methoxy groups -OCH3 is 1. The quantitative estimate of drug-likeness (QED) is 0.714. The summed E-state index contributed by atoms with van der Waals surface area (Å²) in [7, 11) is 3.66. The molecule has 1 aliphatic rings. The Kier molecular flexibility index (Phi) is 4.58. The van der Waals surface area contributed by atoms with Crippen LogP contribution >= 0.6 is 0 Å². The number of anilines is 1. The molecule has 1 aliphatic heterocycles. The molecule has 2 aromatic carbocycles. The fourth-order valence-electron chi connectivity index (χ4n) is 3.74. The summed E-state index contributed by atoms with van der Waals surface area (Å²) < 4.78 is 7.54. The van der Waals surface area contributed by atoms with Crippen molar-refractivity contribution in [1.29, 1.82) is 0 Å². The summed E-state index contributed by atoms with van der Waals surface area (Å²) in [6.07, 6.45) is 0. The minimum absolute atomic E-state index is 0.0875. The van der Waals surface area contributed by atoms with Crippen molar-refractivity contribution in [3.8, 4) is 5.75 Å². The third-order valence-corrected chi connectivity index (χ3v) is 5.38. The zero-order valence-electron chi connectivity index (χ0n) is 15.9. The first-order valence-corrected chi connectivity index (χ1v) is 9.19. The third kappa shape index (κ3) is 3.06. The molecule has 6 nitrogen and oxygen atoms in total. The van der Waals surface area contributed by atoms with Crippen molar-refractivity contribution in [2.75, 3.05) is 25.1 Å². The van der Waals surface area contributed by atoms with Crippen molar-refractivity contribution < 1.29 is 9.53 Å². The number of amides is 1. The molecule has 1 amide bonds. The Balaban J connectivity index is 1.55. The van der Waals surface area contributed by atoms with Gasteiger partial charge in [0, 0.05) is 20.1 Å². The van der Waals surface area contributed by atoms with Crippen LogP contribution in [-0.2, 0) is 18.4 Å². The molecule has 1 unspecified atom stereocenters. The molecule has 0 aliphatic carbocycles. The first-order chi connectivity index (χ1) is 13.1. The lowest BCUT2D eigenvalue weighted by Crippen LogP contribution is -2.55. The Hall–Kier alpha value is -2.86. The highest BCUT2D eigenvalue weighted by molar-refractivity contribution is 5.99. The van der Waals surface area contributed by atoms with E-state index in [4.69, 9.17) is 9.72 Å². The number of hydrogen-bond acceptors (Lipinski definition) is 4. The van der Waals surface area contributed by atoms with Gasteiger partial charge in [0.05, 0.1) is 36.4 Å². The molecule has 4 rings (SSSR count). The van der Waals surface area contributed by atoms with Crippen LogP contribution in [0.15, 0.2) is 48.5 Å². The minimum Gasteiger partial charge on any atom is -0.495 e. The summed E-state index contributed by atoms with van der Waals surface area (Å²) in [5.41, 5.74) is 2.93. The predicted octanol–water partition coefficient (Wildman–Crippen LogP) is 2.82. The molecule has 6 heteroatoms. The predicted molar refractivity (Wildman–Crippen MR) is 106 cm³/mol. The highest BCUT2D eigenvalue weighted by Crippen LogP contribution is 2.30. The number of carbonyl (C=O) groups excluding carboxylic acids is 1. The molecule has 2 heterocycles. The van der Waals surface area contributed by atoms with Crippen molar-refractivity contribution in [3.63, 3.8) is 0 Å². The summed E-state index contributed by atoms with van der Waals surface area (Å²) in [4.78, 5) is 21.8. The van der Waals surface area contributed by atoms with Crippen molar-refractivity contribution in [1.82, 2.24) is 14.5 Å². The van der Waals surface area contributed by atoms with Gasteiger partial charge in [-0.3, -0.25) is 9.69 Å². The van der Waals surface area contributed by atoms with Gasteiger partial charge in [-0.15, -0.1) is 0 Å². The molecule has 140 valence electrons. The van der Waals surface area contributed by atoms with Crippen LogP contribution in [0.4, 0.5) is 5.69 Å². The SMILES string of the molecule is COc1ccccc1N1CCN(Cc2nc3ccccc3n2C)C(C)C1=O. The van der Waals surface area contributed by atoms with Crippen LogP contribution in [0.1, 0.15) is 12.7 Å². The molecule has 0 saturated carbocycles. The van der Waals surface area contributed by atoms with Gasteiger partial charge in [0.15, 0.2) is 0 Å². The topological polar surface area (TPSA) is 50.6 Å². The van der Waals surface area contributed by atoms with Gasteiger partial charge in [-0.1, -0.05) is 24.3 Å². The molecule has 0 radical (unpaired) electrons. The van der Waals surface area contributed by atoms with E-state index in [0.29, 0.717) is 13.1 Å². The van der Waals surface area contributed by atoms with Crippen molar-refractivity contribution in [3.05, 3.63) is 54.4 Å². The number of carbonyl (C=O) groups is 1. The molecule has 0 N–H and O–H groups in total. The second-order valence-corrected chi connectivity index (χ2v) is 6.88. The van der Waals surface area contributed by atoms with Gasteiger partial charge in [0.1, 0.15) is 11.6 Å². The average molecular weight is 364 g/mol. The second-order valence-electron chi connectivity index (χ2n) is 6.88. The molecule has 1 atom stereocenters. The number of ether oxygens (including phenoxy) is 1. The summed E-state index contributed by atoms with van der Waals surface area (Å²) in [6.45, 7) is 4.03. The fraction of sp³-hybridized carbons (Fsp3) is 0.333. The van der Waals surface area contributed by atoms with E-state index < -0.39 is 0 Å². The largest absolute Gasteiger partial charge is 0.495 e. The maximum Gasteiger partial charge on any atom is 0.244 e. The number of aromatic nitrogens is 2. The summed E-state index contributed by atoms with van der Waals surface area (Å²) in [5.74, 6) is 1.79. The molecule has 1 fully saturated rings. The molecule has 1 saturated heterocycles. The van der Waals surface area contributed by atoms with E-state index in [9.17, 15) is 4.79 Å². The Morgan fingerprint density at radius 3 is 2.63 bits per heavy atom. The van der Waals surface area contributed by atoms with E-state index in [0.717, 1.165) is 34.8 Å². The lowest BCUT2D eigenvalue weighted by Gasteiger charge is -2.39. The van der Waals surface area contributed by atoms with E-state index >= 15 is 0 Å². The number of imidazole rings is 1. The normalized spacial score (nSPS) is 18.3. The first-order valence-electron chi connectivity index (χ1n) is 9.19. The Bertz CT molecular complexity index is 981. The van der Waals surface area contributed by atoms with Crippen LogP contribution < -0.4 is 9.64 Å². The molecule has 1 aromatic heterocycles. The lowest BCUT2D eigenvalue weighted by atomic mass is 10.1. The van der Waals surface area contributed by atoms with Crippen LogP contribution in [-0.4, -0.2) is 46.6 Å². The van der Waals surface area contributed by atoms with Crippen molar-refractivity contribution >= 4 is 22.6 Å². The zero-order chi connectivity index (χ0) is 19.0. The summed E-state index contributed by atoms with van der Waals surface area (Å²) >= 11 is 0. The minimum atomic E-state index is -0.219. The number of para-hydroxylation sites is 4. The van der Waals surface area contributed by atoms with Gasteiger partial charge in [-0.2, -0.15) is 0 Å². The van der Waals surface area contributed by atoms with Gasteiger partial charge in [-0.05, 0) is 31.2 Å². The second kappa shape index (κ2) is 7.04. The van der Waals surface area contributed by atoms with Gasteiger partial charge < -0.3 is 14.2 Å². The van der Waals surface area contributed by atoms with Crippen molar-refractivity contribution in [2.45, 2.75) is 19.5 Å². The Morgan fingerprint density at radius 2 is 1.85 bits per heavy atom. The van der Waals surface area contributed by atoms with Crippen LogP contribution in [0, 0.1) is 0 Å². The Labute approximate surface area is 159 Å². The van der Waals surface area contributed by atoms with E-state index in [1.165, 1.54) is 0 Å². The summed E-state index contributed by atoms with van der Waals surface area (Å²) in [5, 5.41) is 0. The molecular formula is C21H24N4O2. The first kappa shape index (κ1) is 17.5. The average Bonchev–Trinajstić information content (AvgIpc) is 3.01. The maximum atomic E-state index is 13.1. The van der Waals surface area contributed by atoms with Gasteiger partial charge >= 0.3 is 0 Å². The number of aryl methyl sites for hydroxylation is 1. The van der Waals surface area contributed by atoms with Crippen molar-refractivity contribution in [2.24, 2.45) is 7.05 Å². The smallest absolute Gasteiger partial charge is 0.244 e. The molecule has 27 heavy (non-hydrogen) atoms. The molecule has 0 spiro atoms. The molecule has 3 aromatic rings. The number of nitrogens with zero attached hydrogens (tertiary/aromatic N) is 4. The number of fused-ring (bicyclic) bond motifs is 1. The highest BCUT2D eigenvalue weighted by Gasteiger charge is 2.34. The highest BCUT2D eigenvalue weighted by atomic mass is 16.5. The van der Waals surface area contributed by atoms with Crippen LogP contribution in [0.5, 0.6) is 5.75 Å². The Morgan fingerprint density at radius 1 is 1.11 bits per heavy atom. The van der Waals surface area contributed by atoms with E-state index in [2.05, 4.69) is 15.5 Å². The number of hydrogen-bond donors (Lipinski definition) is 0. The van der Waals surface area contributed by atoms with Crippen LogP contribution in [0.3, 0.4) is 0 Å². The van der Waals surface area contributed by atoms with E-state index in [1.807, 2.05) is 61.3 Å². The third-order valence-electron chi connectivity index (χ3n) is 5.38. The number of rotatable bonds is 4. The summed E-state index contributed by atoms with van der Waals surface area (Å²) in [6, 6.07) is 15.6. The zero-order valence-corrected chi connectivity index (χ0v) is 15.9. The number of piperazine rings is 1.